The van der Waals surface area contributed by atoms with Crippen molar-refractivity contribution in [2.75, 3.05) is 0 Å². The largest absolute Gasteiger partial charge is 0.423 e. The van der Waals surface area contributed by atoms with E-state index >= 15 is 0 Å². The minimum atomic E-state index is 0.301. The molecule has 0 N–H and O–H groups in total. The molecule has 2 rings (SSSR count). The number of nitrogens with zero attached hydrogens (tertiary/aromatic N) is 4. The van der Waals surface area contributed by atoms with Crippen LogP contribution in [0.1, 0.15) is 5.56 Å². The quantitative estimate of drug-likeness (QED) is 0.746. The van der Waals surface area contributed by atoms with E-state index in [0.29, 0.717) is 17.6 Å². The van der Waals surface area contributed by atoms with Crippen LogP contribution < -0.4 is 4.74 Å². The first kappa shape index (κ1) is 9.92. The summed E-state index contributed by atoms with van der Waals surface area (Å²) in [6.07, 6.45) is 4.86. The van der Waals surface area contributed by atoms with Gasteiger partial charge in [-0.15, -0.1) is 16.7 Å². The lowest BCUT2D eigenvalue weighted by atomic mass is 10.3. The smallest absolute Gasteiger partial charge is 0.340 e. The highest BCUT2D eigenvalue weighted by Crippen LogP contribution is 2.22. The van der Waals surface area contributed by atoms with Crippen molar-refractivity contribution in [3.05, 3.63) is 30.4 Å². The average Bonchev–Trinajstić information content (AvgIpc) is 2.65. The molecule has 0 fully saturated rings. The summed E-state index contributed by atoms with van der Waals surface area (Å²) in [7, 11) is 1.77. The van der Waals surface area contributed by atoms with Crippen LogP contribution in [0, 0.1) is 0 Å². The van der Waals surface area contributed by atoms with Gasteiger partial charge in [-0.3, -0.25) is 9.67 Å². The van der Waals surface area contributed by atoms with E-state index in [0.717, 1.165) is 5.56 Å². The van der Waals surface area contributed by atoms with E-state index in [4.69, 9.17) is 16.3 Å². The van der Waals surface area contributed by atoms with Crippen LogP contribution in [0.3, 0.4) is 0 Å². The second-order valence-corrected chi connectivity index (χ2v) is 3.19. The Morgan fingerprint density at radius 2 is 2.40 bits per heavy atom. The monoisotopic (exact) mass is 224 g/mol. The third-order valence-corrected chi connectivity index (χ3v) is 2.07. The Bertz CT molecular complexity index is 457. The molecule has 6 heteroatoms. The number of halogens is 1. The van der Waals surface area contributed by atoms with Gasteiger partial charge in [0.25, 0.3) is 0 Å². The summed E-state index contributed by atoms with van der Waals surface area (Å²) in [6, 6.07) is 2.03. The third-order valence-electron chi connectivity index (χ3n) is 1.78. The maximum absolute atomic E-state index is 5.74. The molecule has 0 saturated carbocycles. The van der Waals surface area contributed by atoms with Crippen molar-refractivity contribution in [3.8, 4) is 11.8 Å². The highest BCUT2D eigenvalue weighted by Gasteiger charge is 2.06. The molecule has 5 nitrogen and oxygen atoms in total. The molecule has 78 valence electrons. The van der Waals surface area contributed by atoms with Crippen molar-refractivity contribution in [1.29, 1.82) is 0 Å². The van der Waals surface area contributed by atoms with Crippen LogP contribution >= 0.6 is 11.6 Å². The van der Waals surface area contributed by atoms with Crippen molar-refractivity contribution in [3.63, 3.8) is 0 Å². The minimum Gasteiger partial charge on any atom is -0.423 e. The molecule has 0 aliphatic rings. The van der Waals surface area contributed by atoms with Gasteiger partial charge in [-0.1, -0.05) is 0 Å². The maximum atomic E-state index is 5.74. The van der Waals surface area contributed by atoms with Crippen molar-refractivity contribution >= 4 is 11.6 Å². The summed E-state index contributed by atoms with van der Waals surface area (Å²) in [5.74, 6) is 0.974. The number of rotatable bonds is 3. The maximum Gasteiger partial charge on any atom is 0.340 e. The zero-order valence-corrected chi connectivity index (χ0v) is 8.85. The Kier molecular flexibility index (Phi) is 2.82. The van der Waals surface area contributed by atoms with Crippen LogP contribution in [0.2, 0.25) is 0 Å². The fourth-order valence-electron chi connectivity index (χ4n) is 1.08. The van der Waals surface area contributed by atoms with Gasteiger partial charge in [0.1, 0.15) is 12.1 Å². The molecule has 0 saturated heterocycles. The average molecular weight is 225 g/mol. The van der Waals surface area contributed by atoms with E-state index in [1.54, 1.807) is 36.5 Å². The molecular formula is C9H9ClN4O. The number of alkyl halides is 1. The van der Waals surface area contributed by atoms with Crippen molar-refractivity contribution < 1.29 is 4.74 Å². The van der Waals surface area contributed by atoms with Gasteiger partial charge in [0.05, 0.1) is 5.88 Å². The SMILES string of the molecule is Cn1cnc(Oc2ccncc2CCl)n1. The second kappa shape index (κ2) is 4.27. The van der Waals surface area contributed by atoms with E-state index in [1.165, 1.54) is 0 Å². The van der Waals surface area contributed by atoms with Gasteiger partial charge in [-0.05, 0) is 6.07 Å². The number of ether oxygens (including phenoxy) is 1. The molecule has 0 atom stereocenters. The summed E-state index contributed by atoms with van der Waals surface area (Å²) in [5.41, 5.74) is 0.812. The lowest BCUT2D eigenvalue weighted by molar-refractivity contribution is 0.435. The lowest BCUT2D eigenvalue weighted by Crippen LogP contribution is -1.93. The molecule has 2 heterocycles. The highest BCUT2D eigenvalue weighted by molar-refractivity contribution is 6.17. The highest BCUT2D eigenvalue weighted by atomic mass is 35.5. The Morgan fingerprint density at radius 3 is 3.07 bits per heavy atom. The van der Waals surface area contributed by atoms with Gasteiger partial charge in [-0.25, -0.2) is 0 Å². The number of hydrogen-bond donors (Lipinski definition) is 0. The van der Waals surface area contributed by atoms with E-state index in [-0.39, 0.29) is 0 Å². The first-order valence-electron chi connectivity index (χ1n) is 4.32. The molecule has 0 aliphatic carbocycles. The van der Waals surface area contributed by atoms with Crippen LogP contribution in [-0.2, 0) is 12.9 Å². The van der Waals surface area contributed by atoms with Gasteiger partial charge in [-0.2, -0.15) is 4.98 Å². The third kappa shape index (κ3) is 2.24. The Labute approximate surface area is 91.7 Å². The van der Waals surface area contributed by atoms with Crippen molar-refractivity contribution in [1.82, 2.24) is 19.7 Å². The predicted molar refractivity (Wildman–Crippen MR) is 54.9 cm³/mol. The molecule has 2 aromatic rings. The van der Waals surface area contributed by atoms with Gasteiger partial charge in [0.15, 0.2) is 0 Å². The van der Waals surface area contributed by atoms with Crippen LogP contribution in [0.5, 0.6) is 11.8 Å². The normalized spacial score (nSPS) is 10.3. The molecule has 0 aromatic carbocycles. The van der Waals surface area contributed by atoms with Gasteiger partial charge in [0.2, 0.25) is 0 Å². The van der Waals surface area contributed by atoms with E-state index < -0.39 is 0 Å². The molecule has 2 aromatic heterocycles. The van der Waals surface area contributed by atoms with Crippen LogP contribution in [-0.4, -0.2) is 19.7 Å². The van der Waals surface area contributed by atoms with E-state index in [1.807, 2.05) is 0 Å². The minimum absolute atomic E-state index is 0.301. The molecular weight excluding hydrogens is 216 g/mol. The van der Waals surface area contributed by atoms with Crippen LogP contribution in [0.15, 0.2) is 24.8 Å². The fourth-order valence-corrected chi connectivity index (χ4v) is 1.28. The number of aryl methyl sites for hydroxylation is 1. The van der Waals surface area contributed by atoms with Crippen molar-refractivity contribution in [2.45, 2.75) is 5.88 Å². The number of pyridine rings is 1. The Hall–Kier alpha value is -1.62. The van der Waals surface area contributed by atoms with Crippen LogP contribution in [0.4, 0.5) is 0 Å². The van der Waals surface area contributed by atoms with Crippen molar-refractivity contribution in [2.24, 2.45) is 7.05 Å². The molecule has 0 amide bonds. The first-order chi connectivity index (χ1) is 7.29. The topological polar surface area (TPSA) is 52.8 Å². The summed E-state index contributed by atoms with van der Waals surface area (Å²) >= 11 is 5.74. The first-order valence-corrected chi connectivity index (χ1v) is 4.85. The molecule has 15 heavy (non-hydrogen) atoms. The van der Waals surface area contributed by atoms with Gasteiger partial charge in [0, 0.05) is 25.0 Å². The summed E-state index contributed by atoms with van der Waals surface area (Å²) in [5, 5.41) is 4.00. The molecule has 0 radical (unpaired) electrons. The van der Waals surface area contributed by atoms with E-state index in [9.17, 15) is 0 Å². The van der Waals surface area contributed by atoms with Gasteiger partial charge >= 0.3 is 6.01 Å². The van der Waals surface area contributed by atoms with E-state index in [2.05, 4.69) is 15.1 Å². The Morgan fingerprint density at radius 1 is 1.53 bits per heavy atom. The second-order valence-electron chi connectivity index (χ2n) is 2.92. The molecule has 0 spiro atoms. The predicted octanol–water partition coefficient (Wildman–Crippen LogP) is 1.74. The van der Waals surface area contributed by atoms with Gasteiger partial charge < -0.3 is 4.74 Å². The number of aromatic nitrogens is 4. The summed E-state index contributed by atoms with van der Waals surface area (Å²) < 4.78 is 7.02. The summed E-state index contributed by atoms with van der Waals surface area (Å²) in [4.78, 5) is 7.91. The zero-order chi connectivity index (χ0) is 10.7. The lowest BCUT2D eigenvalue weighted by Gasteiger charge is -2.04. The van der Waals surface area contributed by atoms with Crippen LogP contribution in [0.25, 0.3) is 0 Å². The standard InChI is InChI=1S/C9H9ClN4O/c1-14-6-12-9(13-14)15-8-2-3-11-5-7(8)4-10/h2-3,5-6H,4H2,1H3. The zero-order valence-electron chi connectivity index (χ0n) is 8.09. The molecule has 0 unspecified atom stereocenters. The number of hydrogen-bond acceptors (Lipinski definition) is 4. The Balaban J connectivity index is 2.23. The molecule has 0 aliphatic heterocycles. The fraction of sp³-hybridized carbons (Fsp3) is 0.222. The summed E-state index contributed by atoms with van der Waals surface area (Å²) in [6.45, 7) is 0. The molecule has 0 bridgehead atoms.